The number of hydrogen-bond acceptors (Lipinski definition) is 3. The molecule has 29 heavy (non-hydrogen) atoms. The Morgan fingerprint density at radius 1 is 0.966 bits per heavy atom. The molecule has 0 atom stereocenters. The Hall–Kier alpha value is -2.04. The van der Waals surface area contributed by atoms with Gasteiger partial charge in [-0.2, -0.15) is 0 Å². The van der Waals surface area contributed by atoms with Gasteiger partial charge in [0.25, 0.3) is 0 Å². The summed E-state index contributed by atoms with van der Waals surface area (Å²) in [5, 5.41) is 5.96. The maximum atomic E-state index is 12.9. The van der Waals surface area contributed by atoms with Crippen molar-refractivity contribution in [2.45, 2.75) is 58.8 Å². The number of ether oxygens (including phenoxy) is 1. The first-order chi connectivity index (χ1) is 13.9. The Kier molecular flexibility index (Phi) is 5.84. The van der Waals surface area contributed by atoms with E-state index in [9.17, 15) is 9.59 Å². The summed E-state index contributed by atoms with van der Waals surface area (Å²) in [5.74, 6) is 3.32. The van der Waals surface area contributed by atoms with Crippen molar-refractivity contribution >= 4 is 11.8 Å². The molecule has 0 spiro atoms. The molecule has 1 aromatic carbocycles. The smallest absolute Gasteiger partial charge is 0.226 e. The van der Waals surface area contributed by atoms with Gasteiger partial charge in [0.15, 0.2) is 0 Å². The molecule has 2 amide bonds. The monoisotopic (exact) mass is 398 g/mol. The second-order valence-electron chi connectivity index (χ2n) is 9.62. The Bertz CT molecular complexity index is 718. The Morgan fingerprint density at radius 2 is 1.55 bits per heavy atom. The molecule has 4 aliphatic rings. The van der Waals surface area contributed by atoms with E-state index in [1.54, 1.807) is 0 Å². The minimum atomic E-state index is -0.134. The highest BCUT2D eigenvalue weighted by Gasteiger charge is 2.54. The van der Waals surface area contributed by atoms with Crippen LogP contribution in [0.1, 0.15) is 56.1 Å². The predicted molar refractivity (Wildman–Crippen MR) is 113 cm³/mol. The first kappa shape index (κ1) is 20.2. The fourth-order valence-corrected chi connectivity index (χ4v) is 6.32. The molecule has 4 aliphatic carbocycles. The molecule has 4 bridgehead atoms. The summed E-state index contributed by atoms with van der Waals surface area (Å²) in [5.41, 5.74) is 2.07. The van der Waals surface area contributed by atoms with Crippen molar-refractivity contribution in [2.24, 2.45) is 23.2 Å². The van der Waals surface area contributed by atoms with Crippen molar-refractivity contribution < 1.29 is 14.3 Å². The number of carbonyl (C=O) groups is 2. The minimum absolute atomic E-state index is 0.0408. The van der Waals surface area contributed by atoms with Crippen molar-refractivity contribution in [3.8, 4) is 5.75 Å². The van der Waals surface area contributed by atoms with Gasteiger partial charge in [0.1, 0.15) is 12.4 Å². The SMILES string of the molecule is Cc1cccc(C)c1OCCNC(=O)CCNC(=O)C12CC3CC(CC(C3)C1)C2. The molecule has 0 radical (unpaired) electrons. The van der Waals surface area contributed by atoms with Crippen LogP contribution in [0.4, 0.5) is 0 Å². The van der Waals surface area contributed by atoms with Gasteiger partial charge in [-0.15, -0.1) is 0 Å². The molecule has 2 N–H and O–H groups in total. The molecule has 5 heteroatoms. The summed E-state index contributed by atoms with van der Waals surface area (Å²) in [7, 11) is 0. The van der Waals surface area contributed by atoms with Crippen molar-refractivity contribution in [3.05, 3.63) is 29.3 Å². The van der Waals surface area contributed by atoms with Crippen LogP contribution in [-0.4, -0.2) is 31.5 Å². The lowest BCUT2D eigenvalue weighted by Crippen LogP contribution is -2.53. The van der Waals surface area contributed by atoms with E-state index in [0.717, 1.165) is 53.9 Å². The summed E-state index contributed by atoms with van der Waals surface area (Å²) in [6.07, 6.45) is 7.50. The third kappa shape index (κ3) is 4.44. The summed E-state index contributed by atoms with van der Waals surface area (Å²) in [6, 6.07) is 6.05. The number of carbonyl (C=O) groups excluding carboxylic acids is 2. The molecule has 158 valence electrons. The minimum Gasteiger partial charge on any atom is -0.491 e. The maximum Gasteiger partial charge on any atom is 0.226 e. The maximum absolute atomic E-state index is 12.9. The van der Waals surface area contributed by atoms with Gasteiger partial charge in [-0.25, -0.2) is 0 Å². The van der Waals surface area contributed by atoms with E-state index in [0.29, 0.717) is 26.1 Å². The molecule has 5 nitrogen and oxygen atoms in total. The van der Waals surface area contributed by atoms with E-state index in [-0.39, 0.29) is 17.2 Å². The first-order valence-corrected chi connectivity index (χ1v) is 11.2. The highest BCUT2D eigenvalue weighted by atomic mass is 16.5. The number of hydrogen-bond donors (Lipinski definition) is 2. The van der Waals surface area contributed by atoms with Crippen LogP contribution in [-0.2, 0) is 9.59 Å². The Morgan fingerprint density at radius 3 is 2.14 bits per heavy atom. The zero-order chi connectivity index (χ0) is 20.4. The number of rotatable bonds is 8. The summed E-state index contributed by atoms with van der Waals surface area (Å²) >= 11 is 0. The molecule has 4 fully saturated rings. The van der Waals surface area contributed by atoms with Gasteiger partial charge in [0.05, 0.1) is 6.54 Å². The predicted octanol–water partition coefficient (Wildman–Crippen LogP) is 3.52. The van der Waals surface area contributed by atoms with E-state index in [2.05, 4.69) is 10.6 Å². The average molecular weight is 399 g/mol. The molecule has 0 unspecified atom stereocenters. The van der Waals surface area contributed by atoms with Gasteiger partial charge in [0.2, 0.25) is 11.8 Å². The van der Waals surface area contributed by atoms with Crippen LogP contribution in [0.15, 0.2) is 18.2 Å². The van der Waals surface area contributed by atoms with Gasteiger partial charge in [0, 0.05) is 18.4 Å². The van der Waals surface area contributed by atoms with Crippen LogP contribution in [0.5, 0.6) is 5.75 Å². The molecule has 1 aromatic rings. The Balaban J connectivity index is 1.15. The molecule has 0 aromatic heterocycles. The zero-order valence-electron chi connectivity index (χ0n) is 17.8. The van der Waals surface area contributed by atoms with E-state index < -0.39 is 0 Å². The second-order valence-corrected chi connectivity index (χ2v) is 9.62. The molecular formula is C24H34N2O3. The quantitative estimate of drug-likeness (QED) is 0.659. The molecule has 0 heterocycles. The van der Waals surface area contributed by atoms with Gasteiger partial charge in [-0.1, -0.05) is 18.2 Å². The van der Waals surface area contributed by atoms with Gasteiger partial charge in [-0.05, 0) is 81.3 Å². The number of benzene rings is 1. The molecule has 0 aliphatic heterocycles. The Labute approximate surface area is 174 Å². The van der Waals surface area contributed by atoms with Gasteiger partial charge < -0.3 is 15.4 Å². The standard InChI is InChI=1S/C24H34N2O3/c1-16-4-3-5-17(2)22(16)29-9-8-25-21(27)6-7-26-23(28)24-13-18-10-19(14-24)12-20(11-18)15-24/h3-5,18-20H,6-15H2,1-2H3,(H,25,27)(H,26,28). The summed E-state index contributed by atoms with van der Waals surface area (Å²) in [6.45, 7) is 5.37. The fourth-order valence-electron chi connectivity index (χ4n) is 6.32. The molecule has 4 saturated carbocycles. The van der Waals surface area contributed by atoms with Crippen molar-refractivity contribution in [1.82, 2.24) is 10.6 Å². The van der Waals surface area contributed by atoms with Crippen LogP contribution in [0.2, 0.25) is 0 Å². The van der Waals surface area contributed by atoms with Crippen LogP contribution in [0, 0.1) is 37.0 Å². The number of amides is 2. The lowest BCUT2D eigenvalue weighted by atomic mass is 9.49. The van der Waals surface area contributed by atoms with Crippen LogP contribution >= 0.6 is 0 Å². The van der Waals surface area contributed by atoms with E-state index >= 15 is 0 Å². The number of para-hydroxylation sites is 1. The number of nitrogens with one attached hydrogen (secondary N) is 2. The van der Waals surface area contributed by atoms with E-state index in [4.69, 9.17) is 4.74 Å². The normalized spacial score (nSPS) is 29.5. The van der Waals surface area contributed by atoms with Crippen molar-refractivity contribution in [1.29, 1.82) is 0 Å². The summed E-state index contributed by atoms with van der Waals surface area (Å²) < 4.78 is 5.81. The van der Waals surface area contributed by atoms with Crippen LogP contribution in [0.25, 0.3) is 0 Å². The average Bonchev–Trinajstić information content (AvgIpc) is 2.66. The largest absolute Gasteiger partial charge is 0.491 e. The topological polar surface area (TPSA) is 67.4 Å². The van der Waals surface area contributed by atoms with Crippen LogP contribution < -0.4 is 15.4 Å². The molecule has 5 rings (SSSR count). The second kappa shape index (κ2) is 8.37. The summed E-state index contributed by atoms with van der Waals surface area (Å²) in [4.78, 5) is 25.0. The number of aryl methyl sites for hydroxylation is 2. The lowest BCUT2D eigenvalue weighted by molar-refractivity contribution is -0.146. The molecule has 0 saturated heterocycles. The fraction of sp³-hybridized carbons (Fsp3) is 0.667. The van der Waals surface area contributed by atoms with Crippen molar-refractivity contribution in [3.63, 3.8) is 0 Å². The highest BCUT2D eigenvalue weighted by molar-refractivity contribution is 5.84. The third-order valence-electron chi connectivity index (χ3n) is 7.24. The highest BCUT2D eigenvalue weighted by Crippen LogP contribution is 2.60. The zero-order valence-corrected chi connectivity index (χ0v) is 17.8. The van der Waals surface area contributed by atoms with Gasteiger partial charge >= 0.3 is 0 Å². The van der Waals surface area contributed by atoms with Crippen molar-refractivity contribution in [2.75, 3.05) is 19.7 Å². The lowest BCUT2D eigenvalue weighted by Gasteiger charge is -2.55. The van der Waals surface area contributed by atoms with Crippen LogP contribution in [0.3, 0.4) is 0 Å². The van der Waals surface area contributed by atoms with E-state index in [1.165, 1.54) is 19.3 Å². The third-order valence-corrected chi connectivity index (χ3v) is 7.24. The van der Waals surface area contributed by atoms with Gasteiger partial charge in [-0.3, -0.25) is 9.59 Å². The first-order valence-electron chi connectivity index (χ1n) is 11.2. The van der Waals surface area contributed by atoms with E-state index in [1.807, 2.05) is 32.0 Å². The molecular weight excluding hydrogens is 364 g/mol.